The average molecular weight is 333 g/mol. The molecule has 0 aliphatic rings. The molecule has 23 heavy (non-hydrogen) atoms. The van der Waals surface area contributed by atoms with Crippen LogP contribution in [-0.4, -0.2) is 37.9 Å². The quantitative estimate of drug-likeness (QED) is 0.527. The minimum Gasteiger partial charge on any atom is -0.385 e. The van der Waals surface area contributed by atoms with Gasteiger partial charge in [0.05, 0.1) is 5.69 Å². The van der Waals surface area contributed by atoms with Crippen molar-refractivity contribution in [3.63, 3.8) is 0 Å². The number of hydrogen-bond donors (Lipinski definition) is 1. The molecule has 0 aliphatic heterocycles. The molecule has 3 rings (SSSR count). The van der Waals surface area contributed by atoms with Crippen molar-refractivity contribution in [2.75, 3.05) is 13.7 Å². The summed E-state index contributed by atoms with van der Waals surface area (Å²) in [5.74, 6) is 0.662. The first kappa shape index (κ1) is 15.8. The van der Waals surface area contributed by atoms with Crippen molar-refractivity contribution in [1.82, 2.24) is 24.1 Å². The van der Waals surface area contributed by atoms with E-state index in [2.05, 4.69) is 15.2 Å². The van der Waals surface area contributed by atoms with Crippen LogP contribution in [0.2, 0.25) is 0 Å². The van der Waals surface area contributed by atoms with E-state index in [0.717, 1.165) is 23.3 Å². The lowest BCUT2D eigenvalue weighted by Gasteiger charge is -2.04. The lowest BCUT2D eigenvalue weighted by molar-refractivity contribution is 0.189. The van der Waals surface area contributed by atoms with Gasteiger partial charge in [0.15, 0.2) is 5.16 Å². The Morgan fingerprint density at radius 2 is 2.30 bits per heavy atom. The van der Waals surface area contributed by atoms with Gasteiger partial charge in [-0.25, -0.2) is 14.9 Å². The standard InChI is InChI=1S/C15H19N5O2S/c1-11-5-3-6-19-9-12(16-13(11)19)10-23-15-18-17-14(21)20(15)7-4-8-22-2/h3,5-6,9H,4,7-8,10H2,1-2H3,(H,17,21). The topological polar surface area (TPSA) is 77.2 Å². The van der Waals surface area contributed by atoms with Crippen LogP contribution < -0.4 is 5.69 Å². The van der Waals surface area contributed by atoms with Crippen LogP contribution in [0.4, 0.5) is 0 Å². The summed E-state index contributed by atoms with van der Waals surface area (Å²) in [6, 6.07) is 4.04. The van der Waals surface area contributed by atoms with Crippen LogP contribution in [0, 0.1) is 6.92 Å². The van der Waals surface area contributed by atoms with Crippen molar-refractivity contribution in [1.29, 1.82) is 0 Å². The van der Waals surface area contributed by atoms with Gasteiger partial charge >= 0.3 is 5.69 Å². The van der Waals surface area contributed by atoms with Crippen molar-refractivity contribution in [3.05, 3.63) is 46.3 Å². The highest BCUT2D eigenvalue weighted by Crippen LogP contribution is 2.20. The van der Waals surface area contributed by atoms with E-state index in [4.69, 9.17) is 4.74 Å². The van der Waals surface area contributed by atoms with Crippen molar-refractivity contribution in [2.45, 2.75) is 30.8 Å². The lowest BCUT2D eigenvalue weighted by atomic mass is 10.3. The van der Waals surface area contributed by atoms with Gasteiger partial charge in [0.2, 0.25) is 0 Å². The van der Waals surface area contributed by atoms with Crippen LogP contribution >= 0.6 is 11.8 Å². The maximum atomic E-state index is 11.8. The fourth-order valence-corrected chi connectivity index (χ4v) is 3.25. The van der Waals surface area contributed by atoms with Gasteiger partial charge in [-0.05, 0) is 25.0 Å². The van der Waals surface area contributed by atoms with Crippen molar-refractivity contribution < 1.29 is 4.74 Å². The van der Waals surface area contributed by atoms with E-state index in [-0.39, 0.29) is 5.69 Å². The molecular weight excluding hydrogens is 314 g/mol. The van der Waals surface area contributed by atoms with Crippen LogP contribution in [0.25, 0.3) is 5.65 Å². The predicted octanol–water partition coefficient (Wildman–Crippen LogP) is 1.86. The Bertz CT molecular complexity index is 851. The van der Waals surface area contributed by atoms with E-state index in [1.807, 2.05) is 35.9 Å². The highest BCUT2D eigenvalue weighted by atomic mass is 32.2. The third kappa shape index (κ3) is 3.48. The lowest BCUT2D eigenvalue weighted by Crippen LogP contribution is -2.18. The maximum Gasteiger partial charge on any atom is 0.343 e. The van der Waals surface area contributed by atoms with E-state index in [1.54, 1.807) is 11.7 Å². The van der Waals surface area contributed by atoms with Gasteiger partial charge in [-0.2, -0.15) is 0 Å². The molecule has 0 aromatic carbocycles. The third-order valence-electron chi connectivity index (χ3n) is 3.53. The molecule has 0 bridgehead atoms. The Morgan fingerprint density at radius 1 is 1.43 bits per heavy atom. The molecular formula is C15H19N5O2S. The van der Waals surface area contributed by atoms with Gasteiger partial charge in [-0.1, -0.05) is 17.8 Å². The number of aryl methyl sites for hydroxylation is 1. The first-order valence-electron chi connectivity index (χ1n) is 7.39. The van der Waals surface area contributed by atoms with E-state index in [0.29, 0.717) is 24.1 Å². The molecule has 0 atom stereocenters. The van der Waals surface area contributed by atoms with Gasteiger partial charge in [-0.3, -0.25) is 4.57 Å². The fourth-order valence-electron chi connectivity index (χ4n) is 2.39. The van der Waals surface area contributed by atoms with E-state index in [1.165, 1.54) is 11.8 Å². The zero-order valence-corrected chi connectivity index (χ0v) is 14.0. The number of nitrogens with zero attached hydrogens (tertiary/aromatic N) is 4. The van der Waals surface area contributed by atoms with E-state index < -0.39 is 0 Å². The molecule has 0 unspecified atom stereocenters. The number of fused-ring (bicyclic) bond motifs is 1. The predicted molar refractivity (Wildman–Crippen MR) is 88.8 cm³/mol. The number of aromatic amines is 1. The zero-order valence-electron chi connectivity index (χ0n) is 13.2. The largest absolute Gasteiger partial charge is 0.385 e. The smallest absolute Gasteiger partial charge is 0.343 e. The number of rotatable bonds is 7. The molecule has 0 saturated carbocycles. The second-order valence-corrected chi connectivity index (χ2v) is 6.19. The molecule has 7 nitrogen and oxygen atoms in total. The Morgan fingerprint density at radius 3 is 3.09 bits per heavy atom. The molecule has 3 heterocycles. The number of H-pyrrole nitrogens is 1. The fraction of sp³-hybridized carbons (Fsp3) is 0.400. The van der Waals surface area contributed by atoms with Gasteiger partial charge in [0, 0.05) is 38.4 Å². The second kappa shape index (κ2) is 7.01. The summed E-state index contributed by atoms with van der Waals surface area (Å²) in [4.78, 5) is 16.4. The SMILES string of the molecule is COCCCn1c(SCc2cn3cccc(C)c3n2)n[nH]c1=O. The maximum absolute atomic E-state index is 11.8. The van der Waals surface area contributed by atoms with Gasteiger partial charge in [-0.15, -0.1) is 5.10 Å². The third-order valence-corrected chi connectivity index (χ3v) is 4.54. The average Bonchev–Trinajstić information content (AvgIpc) is 3.11. The minimum atomic E-state index is -0.186. The molecule has 0 aliphatic carbocycles. The van der Waals surface area contributed by atoms with Crippen molar-refractivity contribution >= 4 is 17.4 Å². The number of thioether (sulfide) groups is 1. The number of aromatic nitrogens is 5. The summed E-state index contributed by atoms with van der Waals surface area (Å²) in [5, 5.41) is 7.28. The van der Waals surface area contributed by atoms with E-state index >= 15 is 0 Å². The van der Waals surface area contributed by atoms with Crippen LogP contribution in [-0.2, 0) is 17.0 Å². The van der Waals surface area contributed by atoms with Gasteiger partial charge < -0.3 is 9.14 Å². The summed E-state index contributed by atoms with van der Waals surface area (Å²) < 4.78 is 8.69. The first-order valence-corrected chi connectivity index (χ1v) is 8.37. The Kier molecular flexibility index (Phi) is 4.82. The van der Waals surface area contributed by atoms with Crippen LogP contribution in [0.3, 0.4) is 0 Å². The summed E-state index contributed by atoms with van der Waals surface area (Å²) in [6.45, 7) is 3.25. The Hall–Kier alpha value is -2.06. The molecule has 122 valence electrons. The number of pyridine rings is 1. The molecule has 3 aromatic rings. The number of imidazole rings is 1. The Labute approximate surface area is 137 Å². The molecule has 1 N–H and O–H groups in total. The minimum absolute atomic E-state index is 0.186. The van der Waals surface area contributed by atoms with Crippen molar-refractivity contribution in [3.8, 4) is 0 Å². The highest BCUT2D eigenvalue weighted by Gasteiger charge is 2.10. The highest BCUT2D eigenvalue weighted by molar-refractivity contribution is 7.98. The Balaban J connectivity index is 1.72. The monoisotopic (exact) mass is 333 g/mol. The number of ether oxygens (including phenoxy) is 1. The molecule has 0 spiro atoms. The zero-order chi connectivity index (χ0) is 16.2. The van der Waals surface area contributed by atoms with Gasteiger partial charge in [0.25, 0.3) is 0 Å². The summed E-state index contributed by atoms with van der Waals surface area (Å²) in [5.41, 5.74) is 2.88. The van der Waals surface area contributed by atoms with Crippen molar-refractivity contribution in [2.24, 2.45) is 0 Å². The molecule has 3 aromatic heterocycles. The first-order chi connectivity index (χ1) is 11.2. The number of nitrogens with one attached hydrogen (secondary N) is 1. The molecule has 0 radical (unpaired) electrons. The van der Waals surface area contributed by atoms with Crippen LogP contribution in [0.15, 0.2) is 34.5 Å². The molecule has 0 fully saturated rings. The summed E-state index contributed by atoms with van der Waals surface area (Å²) >= 11 is 1.50. The summed E-state index contributed by atoms with van der Waals surface area (Å²) in [6.07, 6.45) is 4.77. The van der Waals surface area contributed by atoms with Crippen LogP contribution in [0.5, 0.6) is 0 Å². The molecule has 0 amide bonds. The normalized spacial score (nSPS) is 11.4. The van der Waals surface area contributed by atoms with Gasteiger partial charge in [0.1, 0.15) is 5.65 Å². The molecule has 8 heteroatoms. The van der Waals surface area contributed by atoms with Crippen LogP contribution in [0.1, 0.15) is 17.7 Å². The summed E-state index contributed by atoms with van der Waals surface area (Å²) in [7, 11) is 1.65. The number of hydrogen-bond acceptors (Lipinski definition) is 5. The van der Waals surface area contributed by atoms with E-state index in [9.17, 15) is 4.79 Å². The number of methoxy groups -OCH3 is 1. The second-order valence-electron chi connectivity index (χ2n) is 5.25. The molecule has 0 saturated heterocycles.